The minimum Gasteiger partial charge on any atom is -0.394 e. The second-order valence-electron chi connectivity index (χ2n) is 33.0. The van der Waals surface area contributed by atoms with E-state index in [9.17, 15) is 178 Å². The van der Waals surface area contributed by atoms with Crippen LogP contribution >= 0.6 is 0 Å². The molecular weight excluding hydrogens is 1800 g/mol. The quantitative estimate of drug-likeness (QED) is 0.0284. The summed E-state index contributed by atoms with van der Waals surface area (Å²) in [5.41, 5.74) is 0. The minimum absolute atomic E-state index is 0.889. The van der Waals surface area contributed by atoms with Crippen molar-refractivity contribution in [1.82, 2.24) is 16.0 Å². The Morgan fingerprint density at radius 3 is 0.634 bits per heavy atom. The number of carbonyl (C=O) groups is 3. The maximum absolute atomic E-state index is 13.2. The summed E-state index contributed by atoms with van der Waals surface area (Å²) >= 11 is 0. The van der Waals surface area contributed by atoms with Crippen molar-refractivity contribution in [2.45, 2.75) is 358 Å². The second-order valence-corrected chi connectivity index (χ2v) is 33.0. The van der Waals surface area contributed by atoms with Crippen LogP contribution in [0.4, 0.5) is 0 Å². The molecule has 11 rings (SSSR count). The molecule has 3 amide bonds. The maximum atomic E-state index is 13.2. The van der Waals surface area contributed by atoms with Gasteiger partial charge < -0.3 is 279 Å². The van der Waals surface area contributed by atoms with Crippen LogP contribution in [0.5, 0.6) is 0 Å². The number of aliphatic hydroxyl groups is 32. The number of hydrogen-bond acceptors (Lipinski definition) is 56. The lowest BCUT2D eigenvalue weighted by atomic mass is 9.93. The van der Waals surface area contributed by atoms with E-state index in [1.165, 1.54) is 0 Å². The van der Waals surface area contributed by atoms with Crippen molar-refractivity contribution >= 4 is 17.7 Å². The first-order valence-corrected chi connectivity index (χ1v) is 41.7. The van der Waals surface area contributed by atoms with Crippen molar-refractivity contribution in [3.8, 4) is 0 Å². The molecule has 0 spiro atoms. The van der Waals surface area contributed by atoms with Crippen molar-refractivity contribution in [2.24, 2.45) is 0 Å². The summed E-state index contributed by atoms with van der Waals surface area (Å²) in [6.07, 6.45) is -111. The van der Waals surface area contributed by atoms with Gasteiger partial charge in [-0.25, -0.2) is 0 Å². The summed E-state index contributed by atoms with van der Waals surface area (Å²) in [7, 11) is 0. The van der Waals surface area contributed by atoms with Crippen LogP contribution in [-0.4, -0.2) is 591 Å². The highest BCUT2D eigenvalue weighted by Crippen LogP contribution is 2.43. The zero-order valence-electron chi connectivity index (χ0n) is 69.6. The fraction of sp³-hybridized carbons (Fsp3) is 0.958. The van der Waals surface area contributed by atoms with Crippen LogP contribution in [0.2, 0.25) is 0 Å². The van der Waals surface area contributed by atoms with Crippen molar-refractivity contribution < 1.29 is 277 Å². The normalized spacial score (nSPS) is 50.7. The standard InChI is InChI=1S/C72H121N3O56/c1-15(87)73-29-36(94)52(122-66-44(102)39(97)32(90)18(4-76)112-66)22(8-80)116-63(29)129-59-35(93)21(7-79)115-71(50(59)108)125-55-25(11-83)120-70(48(106)42(55)100)128-58-28(14-86)121-72(51(109)61(58)131-65-31(75-17(3)89)38(96)54(24(10-82)118-65)124-68-46(104)41(99)34(92)20(6-78)114-68)126-56-26(12-84)119-69(47(105)43(56)101)127-57-27(13-85)111-62(110)49(107)60(57)130-64-30(74-16(2)88)37(95)53(23(9-81)117-64)123-67-45(103)40(98)33(91)19(5-77)113-67/h18-72,76-86,90-110H,4-14H2,1-3H3,(H,73,87)(H,74,88)(H,75,89)/t18-,19-,20-,21-,22-,23-,24-,25-,26-,27-,28-,29-,30-,31-,32+,33+,34+,35+,36-,37-,38-,39+,40+,41+,42-,43-,44-,45-,46-,47-,48-,49-,50-,51-,52-,53-,54-,55-,56-,57+,58+,59+,60-,61-,62-,63+,64+,65+,66+,67+,68+,69+,70+,71+,72+/m1/s1. The molecule has 760 valence electrons. The van der Waals surface area contributed by atoms with Crippen molar-refractivity contribution in [3.05, 3.63) is 0 Å². The van der Waals surface area contributed by atoms with E-state index in [-0.39, 0.29) is 0 Å². The molecule has 35 N–H and O–H groups in total. The van der Waals surface area contributed by atoms with Crippen molar-refractivity contribution in [2.75, 3.05) is 72.7 Å². The van der Waals surface area contributed by atoms with Crippen LogP contribution in [0.1, 0.15) is 20.8 Å². The van der Waals surface area contributed by atoms with Gasteiger partial charge in [-0.1, -0.05) is 0 Å². The van der Waals surface area contributed by atoms with E-state index in [2.05, 4.69) is 16.0 Å². The molecule has 11 aliphatic heterocycles. The Morgan fingerprint density at radius 1 is 0.183 bits per heavy atom. The van der Waals surface area contributed by atoms with Gasteiger partial charge >= 0.3 is 0 Å². The molecule has 11 heterocycles. The highest BCUT2D eigenvalue weighted by molar-refractivity contribution is 5.74. The minimum atomic E-state index is -2.64. The Morgan fingerprint density at radius 2 is 0.366 bits per heavy atom. The zero-order valence-corrected chi connectivity index (χ0v) is 69.6. The number of ether oxygens (including phenoxy) is 21. The fourth-order valence-electron chi connectivity index (χ4n) is 17.1. The van der Waals surface area contributed by atoms with Gasteiger partial charge in [-0.3, -0.25) is 14.4 Å². The molecule has 59 heteroatoms. The summed E-state index contributed by atoms with van der Waals surface area (Å²) in [4.78, 5) is 38.7. The largest absolute Gasteiger partial charge is 0.394 e. The van der Waals surface area contributed by atoms with E-state index in [1.807, 2.05) is 0 Å². The van der Waals surface area contributed by atoms with Gasteiger partial charge in [0.05, 0.1) is 72.7 Å². The Balaban J connectivity index is 0.848. The number of amides is 3. The van der Waals surface area contributed by atoms with Crippen molar-refractivity contribution in [3.63, 3.8) is 0 Å². The third kappa shape index (κ3) is 23.2. The van der Waals surface area contributed by atoms with E-state index in [1.54, 1.807) is 0 Å². The Kier molecular flexibility index (Phi) is 38.7. The molecule has 11 aliphatic rings. The van der Waals surface area contributed by atoms with E-state index in [0.29, 0.717) is 0 Å². The number of rotatable bonds is 34. The summed E-state index contributed by atoms with van der Waals surface area (Å²) < 4.78 is 123. The fourth-order valence-corrected chi connectivity index (χ4v) is 17.1. The lowest BCUT2D eigenvalue weighted by Gasteiger charge is -2.52. The van der Waals surface area contributed by atoms with Gasteiger partial charge in [0.25, 0.3) is 0 Å². The summed E-state index contributed by atoms with van der Waals surface area (Å²) in [6.45, 7) is -9.87. The smallest absolute Gasteiger partial charge is 0.217 e. The third-order valence-electron chi connectivity index (χ3n) is 24.2. The number of hydrogen-bond donors (Lipinski definition) is 35. The molecule has 0 saturated carbocycles. The maximum Gasteiger partial charge on any atom is 0.217 e. The first kappa shape index (κ1) is 108. The van der Waals surface area contributed by atoms with Crippen LogP contribution in [-0.2, 0) is 114 Å². The Bertz CT molecular complexity index is 3510. The van der Waals surface area contributed by atoms with Gasteiger partial charge in [-0.2, -0.15) is 0 Å². The summed E-state index contributed by atoms with van der Waals surface area (Å²) in [5, 5.41) is 362. The van der Waals surface area contributed by atoms with Gasteiger partial charge in [-0.05, 0) is 0 Å². The Hall–Kier alpha value is -3.71. The monoisotopic (exact) mass is 1920 g/mol. The topological polar surface area (TPSA) is 928 Å². The number of carbonyl (C=O) groups excluding carboxylic acids is 3. The van der Waals surface area contributed by atoms with Crippen LogP contribution in [0, 0.1) is 0 Å². The zero-order chi connectivity index (χ0) is 96.2. The van der Waals surface area contributed by atoms with Crippen molar-refractivity contribution in [1.29, 1.82) is 0 Å². The predicted octanol–water partition coefficient (Wildman–Crippen LogP) is -24.5. The molecule has 0 bridgehead atoms. The van der Waals surface area contributed by atoms with Crippen LogP contribution in [0.3, 0.4) is 0 Å². The number of nitrogens with one attached hydrogen (secondary N) is 3. The van der Waals surface area contributed by atoms with E-state index >= 15 is 0 Å². The van der Waals surface area contributed by atoms with E-state index < -0.39 is 428 Å². The van der Waals surface area contributed by atoms with Gasteiger partial charge in [0.1, 0.15) is 268 Å². The molecule has 131 heavy (non-hydrogen) atoms. The van der Waals surface area contributed by atoms with Gasteiger partial charge in [-0.15, -0.1) is 0 Å². The van der Waals surface area contributed by atoms with Crippen LogP contribution in [0.25, 0.3) is 0 Å². The second kappa shape index (κ2) is 47.0. The SMILES string of the molecule is CC(=O)N[C@H]1[C@H](O[C@H]2[C@@H](O)[C@@H](CO)O[C@@H](O[C@H]3[C@H](O)[C@@H](O)[C@H](O[C@@H]4[C@H](O[C@@H]5O[C@H](CO)[C@@H](O[C@@H]6O[C@H](CO)[C@H](O)[C@H](O)[C@H]6O)[C@H](O)[C@H]5NC(C)=O)[C@@H](O)[C@H](O[C@H]5[C@H](O)[C@@H](O)[C@H](O[C@@H]6[C@H](O[C@@H]7O[C@H](CO)[C@@H](O[C@@H]8O[C@H](CO)[C@H](O)[C@H](O)[C@H]8O)[C@H](O)[C@H]7NC(C)=O)[C@@H](O)[C@H](O)O[C@@H]6CO)O[C@@H]5CO)O[C@@H]4CO)O[C@@H]3CO)[C@@H]2O)O[C@H](CO)[C@@H](O[C@@H]2O[C@H](CO)[C@H](O)[C@H](O)[C@H]2O)[C@@H]1O. The average molecular weight is 1920 g/mol. The van der Waals surface area contributed by atoms with Crippen LogP contribution < -0.4 is 16.0 Å². The molecule has 11 saturated heterocycles. The molecule has 0 aromatic carbocycles. The highest BCUT2D eigenvalue weighted by atomic mass is 16.8. The molecule has 0 unspecified atom stereocenters. The van der Waals surface area contributed by atoms with E-state index in [4.69, 9.17) is 99.5 Å². The molecule has 0 radical (unpaired) electrons. The van der Waals surface area contributed by atoms with Gasteiger partial charge in [0.15, 0.2) is 69.2 Å². The lowest BCUT2D eigenvalue weighted by molar-refractivity contribution is -0.408. The van der Waals surface area contributed by atoms with Crippen LogP contribution in [0.15, 0.2) is 0 Å². The molecule has 11 fully saturated rings. The molecule has 0 aromatic heterocycles. The Labute approximate surface area is 740 Å². The predicted molar refractivity (Wildman–Crippen MR) is 397 cm³/mol. The highest BCUT2D eigenvalue weighted by Gasteiger charge is 2.63. The van der Waals surface area contributed by atoms with Gasteiger partial charge in [0.2, 0.25) is 17.7 Å². The molecule has 59 nitrogen and oxygen atoms in total. The molecule has 55 atom stereocenters. The first-order chi connectivity index (χ1) is 62.1. The first-order valence-electron chi connectivity index (χ1n) is 41.7. The molecule has 0 aromatic rings. The van der Waals surface area contributed by atoms with Gasteiger partial charge in [0, 0.05) is 20.8 Å². The average Bonchev–Trinajstić information content (AvgIpc) is 0.761. The molecule has 0 aliphatic carbocycles. The summed E-state index contributed by atoms with van der Waals surface area (Å²) in [5.74, 6) is -2.88. The number of aliphatic hydroxyl groups excluding tert-OH is 32. The lowest BCUT2D eigenvalue weighted by Crippen LogP contribution is -2.71. The molecular formula is C72H121N3O56. The van der Waals surface area contributed by atoms with E-state index in [0.717, 1.165) is 20.8 Å². The summed E-state index contributed by atoms with van der Waals surface area (Å²) in [6, 6.07) is -5.84. The third-order valence-corrected chi connectivity index (χ3v) is 24.2.